The molecule has 1 nitrogen and oxygen atoms in total. The molecule has 0 aromatic carbocycles. The first kappa shape index (κ1) is 12.9. The summed E-state index contributed by atoms with van der Waals surface area (Å²) < 4.78 is 0. The largest absolute Gasteiger partial charge is 0.300 e. The van der Waals surface area contributed by atoms with Gasteiger partial charge in [-0.25, -0.2) is 0 Å². The molecule has 0 radical (unpaired) electrons. The van der Waals surface area contributed by atoms with Gasteiger partial charge in [-0.3, -0.25) is 4.79 Å². The predicted molar refractivity (Wildman–Crippen MR) is 61.8 cm³/mol. The first-order valence-corrected chi connectivity index (χ1v) is 9.08. The van der Waals surface area contributed by atoms with Gasteiger partial charge in [0.1, 0.15) is 5.78 Å². The van der Waals surface area contributed by atoms with Gasteiger partial charge in [-0.15, -0.1) is 0 Å². The summed E-state index contributed by atoms with van der Waals surface area (Å²) in [5.74, 6) is 0.752. The second-order valence-corrected chi connectivity index (χ2v) is 10.7. The van der Waals surface area contributed by atoms with E-state index in [4.69, 9.17) is 0 Å². The van der Waals surface area contributed by atoms with Gasteiger partial charge in [0.25, 0.3) is 0 Å². The predicted octanol–water partition coefficient (Wildman–Crippen LogP) is 3.72. The van der Waals surface area contributed by atoms with E-state index in [-0.39, 0.29) is 0 Å². The van der Waals surface area contributed by atoms with Gasteiger partial charge in [-0.1, -0.05) is 39.4 Å². The Bertz CT molecular complexity index is 158. The van der Waals surface area contributed by atoms with Crippen molar-refractivity contribution in [2.45, 2.75) is 58.8 Å². The molecule has 1 atom stereocenters. The SMILES string of the molecule is CCCCC(C[Si](C)(C)C)C(C)=O. The molecule has 0 heterocycles. The number of hydrogen-bond acceptors (Lipinski definition) is 1. The Morgan fingerprint density at radius 2 is 1.85 bits per heavy atom. The quantitative estimate of drug-likeness (QED) is 0.597. The fourth-order valence-corrected chi connectivity index (χ4v) is 3.61. The van der Waals surface area contributed by atoms with E-state index >= 15 is 0 Å². The molecular weight excluding hydrogens is 176 g/mol. The molecule has 13 heavy (non-hydrogen) atoms. The molecule has 0 fully saturated rings. The molecule has 0 N–H and O–H groups in total. The highest BCUT2D eigenvalue weighted by atomic mass is 28.3. The van der Waals surface area contributed by atoms with Crippen LogP contribution >= 0.6 is 0 Å². The number of hydrogen-bond donors (Lipinski definition) is 0. The topological polar surface area (TPSA) is 17.1 Å². The lowest BCUT2D eigenvalue weighted by atomic mass is 10.0. The molecule has 0 bridgehead atoms. The number of Topliss-reactive ketones (excluding diaryl/α,β-unsaturated/α-hetero) is 1. The lowest BCUT2D eigenvalue weighted by molar-refractivity contribution is -0.120. The van der Waals surface area contributed by atoms with E-state index in [1.165, 1.54) is 18.9 Å². The van der Waals surface area contributed by atoms with Crippen LogP contribution in [-0.2, 0) is 4.79 Å². The third-order valence-electron chi connectivity index (χ3n) is 2.34. The van der Waals surface area contributed by atoms with Crippen molar-refractivity contribution >= 4 is 13.9 Å². The second-order valence-electron chi connectivity index (χ2n) is 5.21. The Kier molecular flexibility index (Phi) is 5.53. The van der Waals surface area contributed by atoms with Crippen LogP contribution in [0.25, 0.3) is 0 Å². The van der Waals surface area contributed by atoms with E-state index in [9.17, 15) is 4.79 Å². The average molecular weight is 200 g/mol. The van der Waals surface area contributed by atoms with Gasteiger partial charge in [-0.2, -0.15) is 0 Å². The summed E-state index contributed by atoms with van der Waals surface area (Å²) in [4.78, 5) is 11.3. The third-order valence-corrected chi connectivity index (χ3v) is 4.06. The first-order chi connectivity index (χ1) is 5.87. The van der Waals surface area contributed by atoms with Crippen molar-refractivity contribution in [3.8, 4) is 0 Å². The minimum absolute atomic E-state index is 0.353. The van der Waals surface area contributed by atoms with Crippen molar-refractivity contribution in [2.24, 2.45) is 5.92 Å². The summed E-state index contributed by atoms with van der Waals surface area (Å²) >= 11 is 0. The van der Waals surface area contributed by atoms with Crippen LogP contribution in [0.2, 0.25) is 25.7 Å². The van der Waals surface area contributed by atoms with Gasteiger partial charge in [0, 0.05) is 14.0 Å². The lowest BCUT2D eigenvalue weighted by Gasteiger charge is -2.22. The standard InChI is InChI=1S/C11H24OSi/c1-6-7-8-11(10(2)12)9-13(3,4)5/h11H,6-9H2,1-5H3. The van der Waals surface area contributed by atoms with E-state index < -0.39 is 8.07 Å². The van der Waals surface area contributed by atoms with Crippen LogP contribution in [-0.4, -0.2) is 13.9 Å². The van der Waals surface area contributed by atoms with E-state index in [1.807, 2.05) is 0 Å². The number of carbonyl (C=O) groups is 1. The zero-order chi connectivity index (χ0) is 10.5. The highest BCUT2D eigenvalue weighted by Gasteiger charge is 2.22. The van der Waals surface area contributed by atoms with Crippen molar-refractivity contribution in [1.82, 2.24) is 0 Å². The summed E-state index contributed by atoms with van der Waals surface area (Å²) in [6.07, 6.45) is 3.51. The van der Waals surface area contributed by atoms with Crippen molar-refractivity contribution in [3.05, 3.63) is 0 Å². The minimum atomic E-state index is -1.05. The molecule has 2 heteroatoms. The highest BCUT2D eigenvalue weighted by molar-refractivity contribution is 6.76. The molecule has 0 saturated heterocycles. The second kappa shape index (κ2) is 5.58. The molecule has 78 valence electrons. The molecule has 0 spiro atoms. The molecule has 0 aliphatic carbocycles. The van der Waals surface area contributed by atoms with Crippen LogP contribution in [0.5, 0.6) is 0 Å². The molecule has 0 aliphatic rings. The number of unbranched alkanes of at least 4 members (excludes halogenated alkanes) is 1. The Hall–Kier alpha value is -0.113. The van der Waals surface area contributed by atoms with Crippen molar-refractivity contribution in [3.63, 3.8) is 0 Å². The Balaban J connectivity index is 4.03. The Labute approximate surface area is 83.9 Å². The number of carbonyl (C=O) groups excluding carboxylic acids is 1. The summed E-state index contributed by atoms with van der Waals surface area (Å²) in [6, 6.07) is 1.17. The van der Waals surface area contributed by atoms with E-state index in [1.54, 1.807) is 6.92 Å². The van der Waals surface area contributed by atoms with Crippen LogP contribution in [0.15, 0.2) is 0 Å². The van der Waals surface area contributed by atoms with E-state index in [0.717, 1.165) is 6.42 Å². The summed E-state index contributed by atoms with van der Waals surface area (Å²) in [5.41, 5.74) is 0. The smallest absolute Gasteiger partial charge is 0.132 e. The number of rotatable bonds is 6. The van der Waals surface area contributed by atoms with Crippen LogP contribution < -0.4 is 0 Å². The molecule has 0 aromatic rings. The molecule has 0 aromatic heterocycles. The van der Waals surface area contributed by atoms with Gasteiger partial charge in [0.05, 0.1) is 0 Å². The summed E-state index contributed by atoms with van der Waals surface area (Å²) in [5, 5.41) is 0. The van der Waals surface area contributed by atoms with Crippen molar-refractivity contribution in [1.29, 1.82) is 0 Å². The zero-order valence-corrected chi connectivity index (χ0v) is 10.8. The molecule has 0 amide bonds. The molecule has 0 saturated carbocycles. The monoisotopic (exact) mass is 200 g/mol. The minimum Gasteiger partial charge on any atom is -0.300 e. The van der Waals surface area contributed by atoms with Gasteiger partial charge < -0.3 is 0 Å². The van der Waals surface area contributed by atoms with Crippen molar-refractivity contribution < 1.29 is 4.79 Å². The van der Waals surface area contributed by atoms with Gasteiger partial charge in [-0.05, 0) is 19.4 Å². The van der Waals surface area contributed by atoms with E-state index in [0.29, 0.717) is 11.7 Å². The van der Waals surface area contributed by atoms with E-state index in [2.05, 4.69) is 26.6 Å². The molecular formula is C11H24OSi. The summed E-state index contributed by atoms with van der Waals surface area (Å²) in [7, 11) is -1.05. The third kappa shape index (κ3) is 7.00. The maximum Gasteiger partial charge on any atom is 0.132 e. The maximum absolute atomic E-state index is 11.3. The van der Waals surface area contributed by atoms with Crippen molar-refractivity contribution in [2.75, 3.05) is 0 Å². The normalized spacial score (nSPS) is 14.2. The fourth-order valence-electron chi connectivity index (χ4n) is 1.64. The van der Waals surface area contributed by atoms with Gasteiger partial charge in [0.15, 0.2) is 0 Å². The lowest BCUT2D eigenvalue weighted by Crippen LogP contribution is -2.27. The summed E-state index contributed by atoms with van der Waals surface area (Å²) in [6.45, 7) is 11.0. The van der Waals surface area contributed by atoms with Crippen LogP contribution in [0.3, 0.4) is 0 Å². The van der Waals surface area contributed by atoms with Gasteiger partial charge in [0.2, 0.25) is 0 Å². The molecule has 0 rings (SSSR count). The van der Waals surface area contributed by atoms with Crippen LogP contribution in [0.4, 0.5) is 0 Å². The average Bonchev–Trinajstić information content (AvgIpc) is 1.95. The van der Waals surface area contributed by atoms with Crippen LogP contribution in [0.1, 0.15) is 33.1 Å². The first-order valence-electron chi connectivity index (χ1n) is 5.37. The van der Waals surface area contributed by atoms with Gasteiger partial charge >= 0.3 is 0 Å². The Morgan fingerprint density at radius 3 is 2.15 bits per heavy atom. The van der Waals surface area contributed by atoms with Crippen LogP contribution in [0, 0.1) is 5.92 Å². The number of ketones is 1. The highest BCUT2D eigenvalue weighted by Crippen LogP contribution is 2.22. The fraction of sp³-hybridized carbons (Fsp3) is 0.909. The molecule has 0 aliphatic heterocycles. The maximum atomic E-state index is 11.3. The zero-order valence-electron chi connectivity index (χ0n) is 9.81. The molecule has 1 unspecified atom stereocenters. The Morgan fingerprint density at radius 1 is 1.31 bits per heavy atom.